The van der Waals surface area contributed by atoms with Crippen LogP contribution in [0.5, 0.6) is 0 Å². The zero-order chi connectivity index (χ0) is 9.07. The van der Waals surface area contributed by atoms with Crippen LogP contribution in [0.2, 0.25) is 0 Å². The third-order valence-corrected chi connectivity index (χ3v) is 2.71. The van der Waals surface area contributed by atoms with Crippen LogP contribution in [0, 0.1) is 11.3 Å². The lowest BCUT2D eigenvalue weighted by Gasteiger charge is -2.28. The monoisotopic (exact) mass is 154 g/mol. The highest BCUT2D eigenvalue weighted by Gasteiger charge is 2.20. The Bertz CT molecular complexity index is 131. The van der Waals surface area contributed by atoms with E-state index >= 15 is 0 Å². The van der Waals surface area contributed by atoms with E-state index in [1.807, 2.05) is 0 Å². The molecule has 0 fully saturated rings. The fourth-order valence-corrected chi connectivity index (χ4v) is 1.19. The molecule has 0 amide bonds. The van der Waals surface area contributed by atoms with Crippen molar-refractivity contribution >= 4 is 0 Å². The standard InChI is InChI=1S/C11H22/c1-7-10(4)8-11(5,6)9(2)3/h10H,2,7-8H2,1,3-6H3. The fourth-order valence-electron chi connectivity index (χ4n) is 1.19. The van der Waals surface area contributed by atoms with E-state index in [1.165, 1.54) is 18.4 Å². The van der Waals surface area contributed by atoms with Gasteiger partial charge < -0.3 is 0 Å². The van der Waals surface area contributed by atoms with Crippen LogP contribution < -0.4 is 0 Å². The largest absolute Gasteiger partial charge is 0.0996 e. The molecule has 0 radical (unpaired) electrons. The SMILES string of the molecule is C=C(C)C(C)(C)CC(C)CC. The molecule has 1 unspecified atom stereocenters. The van der Waals surface area contributed by atoms with Crippen molar-refractivity contribution in [3.63, 3.8) is 0 Å². The van der Waals surface area contributed by atoms with Crippen molar-refractivity contribution in [1.29, 1.82) is 0 Å². The zero-order valence-corrected chi connectivity index (χ0v) is 8.70. The summed E-state index contributed by atoms with van der Waals surface area (Å²) in [7, 11) is 0. The Kier molecular flexibility index (Phi) is 3.85. The summed E-state index contributed by atoms with van der Waals surface area (Å²) < 4.78 is 0. The lowest BCUT2D eigenvalue weighted by atomic mass is 9.78. The van der Waals surface area contributed by atoms with Crippen molar-refractivity contribution in [2.45, 2.75) is 47.5 Å². The van der Waals surface area contributed by atoms with Crippen LogP contribution >= 0.6 is 0 Å². The maximum atomic E-state index is 4.01. The lowest BCUT2D eigenvalue weighted by Crippen LogP contribution is -2.16. The Hall–Kier alpha value is -0.260. The summed E-state index contributed by atoms with van der Waals surface area (Å²) in [5.41, 5.74) is 1.63. The summed E-state index contributed by atoms with van der Waals surface area (Å²) in [5, 5.41) is 0. The second-order valence-electron chi connectivity index (χ2n) is 4.38. The number of hydrogen-bond donors (Lipinski definition) is 0. The molecule has 1 atom stereocenters. The Balaban J connectivity index is 4.01. The first-order valence-electron chi connectivity index (χ1n) is 4.56. The van der Waals surface area contributed by atoms with E-state index < -0.39 is 0 Å². The zero-order valence-electron chi connectivity index (χ0n) is 8.70. The molecule has 0 bridgehead atoms. The van der Waals surface area contributed by atoms with Crippen LogP contribution in [-0.2, 0) is 0 Å². The first-order valence-corrected chi connectivity index (χ1v) is 4.56. The van der Waals surface area contributed by atoms with Crippen molar-refractivity contribution < 1.29 is 0 Å². The van der Waals surface area contributed by atoms with Gasteiger partial charge in [0.15, 0.2) is 0 Å². The van der Waals surface area contributed by atoms with Gasteiger partial charge in [0.2, 0.25) is 0 Å². The van der Waals surface area contributed by atoms with Crippen molar-refractivity contribution in [3.05, 3.63) is 12.2 Å². The van der Waals surface area contributed by atoms with E-state index in [1.54, 1.807) is 0 Å². The van der Waals surface area contributed by atoms with Gasteiger partial charge in [0, 0.05) is 0 Å². The second-order valence-corrected chi connectivity index (χ2v) is 4.38. The molecule has 0 N–H and O–H groups in total. The van der Waals surface area contributed by atoms with E-state index in [9.17, 15) is 0 Å². The van der Waals surface area contributed by atoms with Gasteiger partial charge in [0.05, 0.1) is 0 Å². The van der Waals surface area contributed by atoms with E-state index in [0.29, 0.717) is 5.41 Å². The van der Waals surface area contributed by atoms with Gasteiger partial charge in [-0.15, -0.1) is 0 Å². The molecule has 0 aromatic carbocycles. The Morgan fingerprint density at radius 2 is 1.91 bits per heavy atom. The van der Waals surface area contributed by atoms with Gasteiger partial charge >= 0.3 is 0 Å². The molecule has 0 saturated carbocycles. The minimum atomic E-state index is 0.329. The first-order chi connectivity index (χ1) is 4.90. The van der Waals surface area contributed by atoms with Crippen molar-refractivity contribution in [3.8, 4) is 0 Å². The van der Waals surface area contributed by atoms with Gasteiger partial charge in [-0.2, -0.15) is 0 Å². The molecule has 66 valence electrons. The maximum Gasteiger partial charge on any atom is -0.0148 e. The molecule has 0 aliphatic carbocycles. The highest BCUT2D eigenvalue weighted by atomic mass is 14.3. The van der Waals surface area contributed by atoms with Crippen molar-refractivity contribution in [1.82, 2.24) is 0 Å². The quantitative estimate of drug-likeness (QED) is 0.536. The van der Waals surface area contributed by atoms with Crippen LogP contribution in [0.25, 0.3) is 0 Å². The highest BCUT2D eigenvalue weighted by molar-refractivity contribution is 5.03. The van der Waals surface area contributed by atoms with E-state index in [0.717, 1.165) is 5.92 Å². The van der Waals surface area contributed by atoms with E-state index in [-0.39, 0.29) is 0 Å². The minimum Gasteiger partial charge on any atom is -0.0996 e. The molecule has 0 aliphatic heterocycles. The van der Waals surface area contributed by atoms with Gasteiger partial charge in [-0.25, -0.2) is 0 Å². The maximum absolute atomic E-state index is 4.01. The highest BCUT2D eigenvalue weighted by Crippen LogP contribution is 2.32. The van der Waals surface area contributed by atoms with Crippen LogP contribution in [-0.4, -0.2) is 0 Å². The van der Waals surface area contributed by atoms with Crippen molar-refractivity contribution in [2.24, 2.45) is 11.3 Å². The number of rotatable bonds is 4. The minimum absolute atomic E-state index is 0.329. The normalized spacial score (nSPS) is 14.6. The number of hydrogen-bond acceptors (Lipinski definition) is 0. The summed E-state index contributed by atoms with van der Waals surface area (Å²) in [5.74, 6) is 0.821. The predicted molar refractivity (Wildman–Crippen MR) is 52.7 cm³/mol. The van der Waals surface area contributed by atoms with Crippen molar-refractivity contribution in [2.75, 3.05) is 0 Å². The summed E-state index contributed by atoms with van der Waals surface area (Å²) in [4.78, 5) is 0. The summed E-state index contributed by atoms with van der Waals surface area (Å²) in [6.45, 7) is 15.3. The van der Waals surface area contributed by atoms with E-state index in [4.69, 9.17) is 0 Å². The molecule has 0 heterocycles. The molecule has 0 rings (SSSR count). The van der Waals surface area contributed by atoms with Gasteiger partial charge in [0.25, 0.3) is 0 Å². The molecular weight excluding hydrogens is 132 g/mol. The Morgan fingerprint density at radius 3 is 2.18 bits per heavy atom. The first kappa shape index (κ1) is 10.7. The molecule has 0 nitrogen and oxygen atoms in total. The van der Waals surface area contributed by atoms with Gasteiger partial charge in [0.1, 0.15) is 0 Å². The van der Waals surface area contributed by atoms with E-state index in [2.05, 4.69) is 41.2 Å². The average Bonchev–Trinajstić information content (AvgIpc) is 1.86. The van der Waals surface area contributed by atoms with Crippen LogP contribution in [0.1, 0.15) is 47.5 Å². The summed E-state index contributed by atoms with van der Waals surface area (Å²) in [6.07, 6.45) is 2.54. The molecule has 0 aromatic heterocycles. The number of allylic oxidation sites excluding steroid dienone is 1. The molecule has 0 heteroatoms. The topological polar surface area (TPSA) is 0 Å². The molecule has 0 saturated heterocycles. The van der Waals surface area contributed by atoms with Gasteiger partial charge in [-0.05, 0) is 24.7 Å². The molecule has 0 aliphatic rings. The Labute approximate surface area is 71.7 Å². The molecule has 11 heavy (non-hydrogen) atoms. The van der Waals surface area contributed by atoms with Crippen LogP contribution in [0.4, 0.5) is 0 Å². The van der Waals surface area contributed by atoms with Gasteiger partial charge in [-0.1, -0.05) is 46.3 Å². The van der Waals surface area contributed by atoms with Gasteiger partial charge in [-0.3, -0.25) is 0 Å². The third-order valence-electron chi connectivity index (χ3n) is 2.71. The summed E-state index contributed by atoms with van der Waals surface area (Å²) in [6, 6.07) is 0. The second kappa shape index (κ2) is 3.94. The predicted octanol–water partition coefficient (Wildman–Crippen LogP) is 4.02. The smallest absolute Gasteiger partial charge is 0.0148 e. The van der Waals surface area contributed by atoms with Crippen LogP contribution in [0.3, 0.4) is 0 Å². The average molecular weight is 154 g/mol. The molecule has 0 spiro atoms. The fraction of sp³-hybridized carbons (Fsp3) is 0.818. The molecule has 0 aromatic rings. The molecular formula is C11H22. The lowest BCUT2D eigenvalue weighted by molar-refractivity contribution is 0.325. The summed E-state index contributed by atoms with van der Waals surface area (Å²) >= 11 is 0. The Morgan fingerprint density at radius 1 is 1.45 bits per heavy atom. The third kappa shape index (κ3) is 3.60. The van der Waals surface area contributed by atoms with Crippen LogP contribution in [0.15, 0.2) is 12.2 Å².